The van der Waals surface area contributed by atoms with Crippen molar-refractivity contribution in [2.75, 3.05) is 40.5 Å². The number of nitrogens with one attached hydrogen (secondary N) is 3. The van der Waals surface area contributed by atoms with Crippen LogP contribution in [0.1, 0.15) is 147 Å². The highest BCUT2D eigenvalue weighted by atomic mass is 28.4. The van der Waals surface area contributed by atoms with Crippen LogP contribution in [0.25, 0.3) is 21.8 Å². The number of ether oxygens (including phenoxy) is 4. The SMILES string of the molecule is CC(C)CC=O.CC[Si](CC)(CC)OOC(C)(C)CCOC(C)=O.COc1ccc2[nH]cc(CCNC(C)=O)c2c1.COc1ccc2c(c1)c(CCNC(C)=O)cn2C(CC(C)C)OOC(C)(C)CCOC(C)=O. The molecule has 0 aliphatic heterocycles. The van der Waals surface area contributed by atoms with Crippen molar-refractivity contribution in [2.45, 2.75) is 178 Å². The van der Waals surface area contributed by atoms with E-state index in [1.165, 1.54) is 33.3 Å². The second-order valence-corrected chi connectivity index (χ2v) is 25.0. The first-order chi connectivity index (χ1) is 34.8. The van der Waals surface area contributed by atoms with Gasteiger partial charge in [-0.05, 0) is 124 Å². The number of nitrogens with zero attached hydrogens (tertiary/aromatic N) is 1. The van der Waals surface area contributed by atoms with Gasteiger partial charge in [0.15, 0.2) is 6.23 Å². The van der Waals surface area contributed by atoms with Gasteiger partial charge in [-0.1, -0.05) is 48.5 Å². The van der Waals surface area contributed by atoms with Gasteiger partial charge in [0.25, 0.3) is 0 Å². The van der Waals surface area contributed by atoms with E-state index in [0.717, 1.165) is 76.1 Å². The molecular weight excluding hydrogens is 965 g/mol. The van der Waals surface area contributed by atoms with E-state index in [1.54, 1.807) is 14.2 Å². The summed E-state index contributed by atoms with van der Waals surface area (Å²) in [6.07, 6.45) is 8.70. The van der Waals surface area contributed by atoms with Crippen LogP contribution >= 0.6 is 0 Å². The van der Waals surface area contributed by atoms with Crippen LogP contribution in [0.3, 0.4) is 0 Å². The molecule has 0 saturated heterocycles. The molecule has 2 aromatic carbocycles. The summed E-state index contributed by atoms with van der Waals surface area (Å²) in [5.41, 5.74) is 3.30. The van der Waals surface area contributed by atoms with Gasteiger partial charge in [-0.2, -0.15) is 0 Å². The van der Waals surface area contributed by atoms with E-state index in [-0.39, 0.29) is 36.6 Å². The molecule has 0 fully saturated rings. The van der Waals surface area contributed by atoms with Crippen molar-refractivity contribution in [3.63, 3.8) is 0 Å². The Morgan fingerprint density at radius 2 is 1.20 bits per heavy atom. The van der Waals surface area contributed by atoms with E-state index < -0.39 is 19.5 Å². The number of fused-ring (bicyclic) bond motifs is 2. The lowest BCUT2D eigenvalue weighted by atomic mass is 10.1. The van der Waals surface area contributed by atoms with Gasteiger partial charge < -0.3 is 43.9 Å². The molecule has 4 aromatic rings. The minimum absolute atomic E-state index is 0.00224. The van der Waals surface area contributed by atoms with E-state index >= 15 is 0 Å². The standard InChI is InChI=1S/C25H38N2O6.C13H16N2O2.C13H28O4Si.C5H10O/c1-17(2)14-24(32-33-25(5,6)11-13-31-19(4)29)27-16-20(10-12-26-18(3)28)22-15-21(30-7)8-9-23(22)27;1-9(16)14-6-5-10-8-15-13-4-3-11(17-2)7-12(10)13;1-7-18(8-2,9-3)17-16-13(5,6)10-11-15-12(4)14;1-5(2)3-4-6/h8-9,15-17,24H,10-14H2,1-7H3,(H,26,28);3-4,7-8,15H,5-6H2,1-2H3,(H,14,16);7-11H2,1-6H3;4-5H,3H2,1-2H3. The van der Waals surface area contributed by atoms with Gasteiger partial charge in [-0.15, -0.1) is 0 Å². The highest BCUT2D eigenvalue weighted by Gasteiger charge is 2.34. The number of hydrogen-bond acceptors (Lipinski definition) is 13. The van der Waals surface area contributed by atoms with E-state index in [0.29, 0.717) is 57.2 Å². The molecule has 418 valence electrons. The zero-order chi connectivity index (χ0) is 56.1. The third-order valence-corrected chi connectivity index (χ3v) is 16.3. The second kappa shape index (κ2) is 34.3. The Kier molecular flexibility index (Phi) is 31.0. The van der Waals surface area contributed by atoms with Crippen molar-refractivity contribution in [1.82, 2.24) is 20.2 Å². The maximum atomic E-state index is 11.3. The first-order valence-electron chi connectivity index (χ1n) is 26.0. The Hall–Kier alpha value is -5.27. The number of benzene rings is 2. The van der Waals surface area contributed by atoms with Crippen LogP contribution in [0.2, 0.25) is 18.1 Å². The van der Waals surface area contributed by atoms with Crippen molar-refractivity contribution in [3.8, 4) is 11.5 Å². The fourth-order valence-electron chi connectivity index (χ4n) is 7.18. The van der Waals surface area contributed by atoms with Gasteiger partial charge in [0, 0.05) is 88.7 Å². The highest BCUT2D eigenvalue weighted by molar-refractivity contribution is 6.73. The molecule has 0 spiro atoms. The number of esters is 2. The first kappa shape index (κ1) is 66.7. The summed E-state index contributed by atoms with van der Waals surface area (Å²) in [6.45, 7) is 30.2. The van der Waals surface area contributed by atoms with Crippen LogP contribution in [0.15, 0.2) is 48.8 Å². The summed E-state index contributed by atoms with van der Waals surface area (Å²) < 4.78 is 28.5. The number of carbonyl (C=O) groups excluding carboxylic acids is 5. The van der Waals surface area contributed by atoms with Crippen molar-refractivity contribution in [2.24, 2.45) is 11.8 Å². The number of amides is 2. The number of methoxy groups -OCH3 is 2. The fourth-order valence-corrected chi connectivity index (χ4v) is 9.44. The molecule has 0 radical (unpaired) electrons. The van der Waals surface area contributed by atoms with Crippen molar-refractivity contribution >= 4 is 60.2 Å². The summed E-state index contributed by atoms with van der Waals surface area (Å²) >= 11 is 0. The third-order valence-electron chi connectivity index (χ3n) is 12.0. The topological polar surface area (TPSA) is 204 Å². The molecule has 4 rings (SSSR count). The maximum Gasteiger partial charge on any atom is 0.302 e. The lowest BCUT2D eigenvalue weighted by Crippen LogP contribution is -2.40. The van der Waals surface area contributed by atoms with Crippen molar-refractivity contribution in [3.05, 3.63) is 59.9 Å². The van der Waals surface area contributed by atoms with E-state index in [4.69, 9.17) is 38.2 Å². The molecule has 1 unspecified atom stereocenters. The van der Waals surface area contributed by atoms with Gasteiger partial charge in [0.05, 0.1) is 38.6 Å². The first-order valence-corrected chi connectivity index (χ1v) is 28.6. The van der Waals surface area contributed by atoms with Crippen LogP contribution in [0.5, 0.6) is 11.5 Å². The van der Waals surface area contributed by atoms with Crippen LogP contribution in [-0.4, -0.2) is 99.6 Å². The zero-order valence-electron chi connectivity index (χ0n) is 47.9. The lowest BCUT2D eigenvalue weighted by Gasteiger charge is -2.32. The number of H-pyrrole nitrogens is 1. The number of rotatable bonds is 28. The normalized spacial score (nSPS) is 11.9. The quantitative estimate of drug-likeness (QED) is 0.0159. The predicted octanol–water partition coefficient (Wildman–Crippen LogP) is 11.3. The number of aldehydes is 1. The summed E-state index contributed by atoms with van der Waals surface area (Å²) in [5, 5.41) is 7.85. The van der Waals surface area contributed by atoms with Crippen molar-refractivity contribution in [1.29, 1.82) is 0 Å². The Morgan fingerprint density at radius 3 is 1.65 bits per heavy atom. The van der Waals surface area contributed by atoms with Crippen molar-refractivity contribution < 1.29 is 62.2 Å². The molecule has 18 heteroatoms. The molecule has 17 nitrogen and oxygen atoms in total. The molecule has 0 saturated carbocycles. The van der Waals surface area contributed by atoms with E-state index in [9.17, 15) is 24.0 Å². The van der Waals surface area contributed by atoms with Crippen LogP contribution < -0.4 is 20.1 Å². The number of carbonyl (C=O) groups is 5. The summed E-state index contributed by atoms with van der Waals surface area (Å²) in [4.78, 5) is 74.2. The Morgan fingerprint density at radius 1 is 0.703 bits per heavy atom. The zero-order valence-corrected chi connectivity index (χ0v) is 48.9. The predicted molar refractivity (Wildman–Crippen MR) is 294 cm³/mol. The molecule has 2 aromatic heterocycles. The fraction of sp³-hybridized carbons (Fsp3) is 0.625. The largest absolute Gasteiger partial charge is 0.497 e. The average Bonchev–Trinajstić information content (AvgIpc) is 3.91. The van der Waals surface area contributed by atoms with Gasteiger partial charge in [0.1, 0.15) is 23.4 Å². The lowest BCUT2D eigenvalue weighted by molar-refractivity contribution is -0.395. The Labute approximate surface area is 442 Å². The molecule has 0 aliphatic rings. The molecule has 0 aliphatic carbocycles. The maximum absolute atomic E-state index is 11.3. The number of hydrogen-bond donors (Lipinski definition) is 3. The molecule has 1 atom stereocenters. The van der Waals surface area contributed by atoms with Crippen LogP contribution in [-0.2, 0) is 65.5 Å². The summed E-state index contributed by atoms with van der Waals surface area (Å²) in [6, 6.07) is 15.0. The summed E-state index contributed by atoms with van der Waals surface area (Å²) in [5.74, 6) is 1.88. The molecule has 74 heavy (non-hydrogen) atoms. The third kappa shape index (κ3) is 26.3. The highest BCUT2D eigenvalue weighted by Crippen LogP contribution is 2.33. The van der Waals surface area contributed by atoms with Gasteiger partial charge in [0.2, 0.25) is 20.1 Å². The Balaban J connectivity index is 0.000000563. The number of aromatic amines is 1. The summed E-state index contributed by atoms with van der Waals surface area (Å²) in [7, 11) is 1.58. The van der Waals surface area contributed by atoms with Gasteiger partial charge >= 0.3 is 11.9 Å². The molecule has 2 amide bonds. The monoisotopic (exact) mass is 1060 g/mol. The van der Waals surface area contributed by atoms with Crippen LogP contribution in [0, 0.1) is 11.8 Å². The minimum atomic E-state index is -1.72. The van der Waals surface area contributed by atoms with Crippen LogP contribution in [0.4, 0.5) is 0 Å². The van der Waals surface area contributed by atoms with Gasteiger partial charge in [-0.25, -0.2) is 14.7 Å². The molecule has 0 bridgehead atoms. The second-order valence-electron chi connectivity index (χ2n) is 20.3. The minimum Gasteiger partial charge on any atom is -0.497 e. The van der Waals surface area contributed by atoms with Gasteiger partial charge in [-0.3, -0.25) is 23.8 Å². The average molecular weight is 1060 g/mol. The Bertz CT molecular complexity index is 2280. The molecule has 3 N–H and O–H groups in total. The smallest absolute Gasteiger partial charge is 0.302 e. The van der Waals surface area contributed by atoms with E-state index in [2.05, 4.69) is 61.0 Å². The van der Waals surface area contributed by atoms with E-state index in [1.807, 2.05) is 84.1 Å². The molecule has 2 heterocycles. The molecular formula is C56H92N4O13Si. The number of aromatic nitrogens is 2.